The summed E-state index contributed by atoms with van der Waals surface area (Å²) < 4.78 is 15.7. The summed E-state index contributed by atoms with van der Waals surface area (Å²) in [7, 11) is 1.73. The Morgan fingerprint density at radius 1 is 1.18 bits per heavy atom. The topological polar surface area (TPSA) is 106 Å². The molecule has 0 fully saturated rings. The summed E-state index contributed by atoms with van der Waals surface area (Å²) in [5, 5.41) is 16.1. The Bertz CT molecular complexity index is 1350. The number of nitrogens with zero attached hydrogens (tertiary/aromatic N) is 6. The molecule has 11 heteroatoms. The first-order valence-electron chi connectivity index (χ1n) is 9.75. The number of thiazole rings is 1. The number of rotatable bonds is 6. The van der Waals surface area contributed by atoms with Gasteiger partial charge in [0.2, 0.25) is 11.8 Å². The lowest BCUT2D eigenvalue weighted by molar-refractivity contribution is -0.116. The molecule has 0 aliphatic heterocycles. The van der Waals surface area contributed by atoms with Gasteiger partial charge in [-0.3, -0.25) is 14.5 Å². The van der Waals surface area contributed by atoms with E-state index in [0.29, 0.717) is 22.3 Å². The van der Waals surface area contributed by atoms with Crippen LogP contribution in [0.15, 0.2) is 60.0 Å². The molecule has 0 atom stereocenters. The molecule has 4 aromatic rings. The van der Waals surface area contributed by atoms with E-state index < -0.39 is 5.82 Å². The molecule has 0 spiro atoms. The summed E-state index contributed by atoms with van der Waals surface area (Å²) in [6.45, 7) is 1.34. The number of aromatic nitrogens is 5. The Hall–Kier alpha value is -4.25. The number of hydrogen-bond donors (Lipinski definition) is 1. The van der Waals surface area contributed by atoms with E-state index in [2.05, 4.69) is 25.8 Å². The molecular formula is C22H18FN7O2S. The molecule has 2 aromatic heterocycles. The van der Waals surface area contributed by atoms with Crippen molar-refractivity contribution in [3.05, 3.63) is 71.5 Å². The van der Waals surface area contributed by atoms with Gasteiger partial charge in [-0.15, -0.1) is 16.4 Å². The van der Waals surface area contributed by atoms with Gasteiger partial charge in [-0.1, -0.05) is 24.3 Å². The maximum atomic E-state index is 14.2. The highest BCUT2D eigenvalue weighted by molar-refractivity contribution is 7.14. The van der Waals surface area contributed by atoms with Gasteiger partial charge in [0.05, 0.1) is 11.4 Å². The van der Waals surface area contributed by atoms with Gasteiger partial charge in [-0.25, -0.2) is 14.1 Å². The van der Waals surface area contributed by atoms with Crippen LogP contribution in [-0.2, 0) is 16.6 Å². The monoisotopic (exact) mass is 463 g/mol. The molecule has 33 heavy (non-hydrogen) atoms. The van der Waals surface area contributed by atoms with Crippen LogP contribution in [0.5, 0.6) is 0 Å². The molecule has 2 aromatic carbocycles. The first-order valence-corrected chi connectivity index (χ1v) is 10.6. The van der Waals surface area contributed by atoms with Gasteiger partial charge < -0.3 is 5.32 Å². The third kappa shape index (κ3) is 4.99. The number of carbonyl (C=O) groups is 2. The summed E-state index contributed by atoms with van der Waals surface area (Å²) in [6.07, 6.45) is 2.85. The lowest BCUT2D eigenvalue weighted by Gasteiger charge is -2.18. The molecule has 0 bridgehead atoms. The van der Waals surface area contributed by atoms with Crippen LogP contribution in [0.1, 0.15) is 12.6 Å². The fourth-order valence-corrected chi connectivity index (χ4v) is 3.90. The lowest BCUT2D eigenvalue weighted by atomic mass is 10.2. The number of hydrogen-bond acceptors (Lipinski definition) is 7. The van der Waals surface area contributed by atoms with Gasteiger partial charge in [0.25, 0.3) is 0 Å². The molecular weight excluding hydrogens is 445 g/mol. The Balaban J connectivity index is 1.47. The zero-order valence-corrected chi connectivity index (χ0v) is 18.5. The first kappa shape index (κ1) is 22.0. The van der Waals surface area contributed by atoms with Crippen LogP contribution in [-0.4, -0.2) is 37.0 Å². The van der Waals surface area contributed by atoms with E-state index in [-0.39, 0.29) is 17.5 Å². The Labute approximate surface area is 192 Å². The number of para-hydroxylation sites is 1. The maximum absolute atomic E-state index is 14.2. The minimum absolute atomic E-state index is 0.116. The van der Waals surface area contributed by atoms with Gasteiger partial charge in [0, 0.05) is 36.7 Å². The van der Waals surface area contributed by atoms with Gasteiger partial charge in [-0.2, -0.15) is 0 Å². The third-order valence-corrected chi connectivity index (χ3v) is 5.37. The van der Waals surface area contributed by atoms with Crippen LogP contribution >= 0.6 is 11.3 Å². The van der Waals surface area contributed by atoms with E-state index in [1.165, 1.54) is 52.1 Å². The van der Waals surface area contributed by atoms with Crippen LogP contribution in [0.2, 0.25) is 0 Å². The molecule has 1 N–H and O–H groups in total. The van der Waals surface area contributed by atoms with E-state index in [4.69, 9.17) is 0 Å². The molecule has 0 saturated carbocycles. The SMILES string of the molecule is CC(=O)N(c1nc(/C=C/C(=O)Nc2cccc(-c3nnnn3C)c2)cs1)c1ccccc1F. The van der Waals surface area contributed by atoms with Crippen LogP contribution in [0, 0.1) is 5.82 Å². The van der Waals surface area contributed by atoms with E-state index in [1.54, 1.807) is 42.8 Å². The van der Waals surface area contributed by atoms with E-state index in [1.807, 2.05) is 6.07 Å². The molecule has 166 valence electrons. The predicted octanol–water partition coefficient (Wildman–Crippen LogP) is 3.81. The van der Waals surface area contributed by atoms with Gasteiger partial charge in [0.1, 0.15) is 5.82 Å². The van der Waals surface area contributed by atoms with Crippen molar-refractivity contribution in [2.75, 3.05) is 10.2 Å². The third-order valence-electron chi connectivity index (χ3n) is 4.52. The van der Waals surface area contributed by atoms with Crippen molar-refractivity contribution in [3.63, 3.8) is 0 Å². The van der Waals surface area contributed by atoms with Crippen LogP contribution in [0.4, 0.5) is 20.9 Å². The molecule has 4 rings (SSSR count). The number of anilines is 3. The van der Waals surface area contributed by atoms with E-state index in [9.17, 15) is 14.0 Å². The van der Waals surface area contributed by atoms with Crippen molar-refractivity contribution in [1.29, 1.82) is 0 Å². The predicted molar refractivity (Wildman–Crippen MR) is 123 cm³/mol. The summed E-state index contributed by atoms with van der Waals surface area (Å²) >= 11 is 1.17. The molecule has 0 saturated heterocycles. The molecule has 2 heterocycles. The largest absolute Gasteiger partial charge is 0.322 e. The van der Waals surface area contributed by atoms with Gasteiger partial charge >= 0.3 is 0 Å². The van der Waals surface area contributed by atoms with Crippen LogP contribution in [0.3, 0.4) is 0 Å². The molecule has 0 aliphatic rings. The average Bonchev–Trinajstić information content (AvgIpc) is 3.43. The molecule has 2 amide bonds. The van der Waals surface area contributed by atoms with Gasteiger partial charge in [-0.05, 0) is 40.8 Å². The minimum atomic E-state index is -0.529. The highest BCUT2D eigenvalue weighted by atomic mass is 32.1. The quantitative estimate of drug-likeness (QED) is 0.436. The summed E-state index contributed by atoms with van der Waals surface area (Å²) in [5.41, 5.74) is 1.91. The average molecular weight is 463 g/mol. The summed E-state index contributed by atoms with van der Waals surface area (Å²) in [6, 6.07) is 13.1. The standard InChI is InChI=1S/C22H18FN7O2S/c1-14(31)30(19-9-4-3-8-18(19)23)22-25-17(13-33-22)10-11-20(32)24-16-7-5-6-15(12-16)21-26-27-28-29(21)2/h3-13H,1-2H3,(H,24,32)/b11-10+. The van der Waals surface area contributed by atoms with Crippen molar-refractivity contribution in [2.45, 2.75) is 6.92 Å². The summed E-state index contributed by atoms with van der Waals surface area (Å²) in [5.74, 6) is -0.698. The number of tetrazole rings is 1. The van der Waals surface area contributed by atoms with Crippen LogP contribution < -0.4 is 10.2 Å². The fourth-order valence-electron chi connectivity index (χ4n) is 3.05. The minimum Gasteiger partial charge on any atom is -0.322 e. The van der Waals surface area contributed by atoms with Crippen molar-refractivity contribution < 1.29 is 14.0 Å². The summed E-state index contributed by atoms with van der Waals surface area (Å²) in [4.78, 5) is 30.1. The Morgan fingerprint density at radius 2 is 2.00 bits per heavy atom. The normalized spacial score (nSPS) is 11.0. The molecule has 0 radical (unpaired) electrons. The zero-order valence-electron chi connectivity index (χ0n) is 17.6. The highest BCUT2D eigenvalue weighted by Crippen LogP contribution is 2.31. The lowest BCUT2D eigenvalue weighted by Crippen LogP contribution is -2.23. The van der Waals surface area contributed by atoms with Crippen molar-refractivity contribution >= 4 is 45.7 Å². The molecule has 0 unspecified atom stereocenters. The second-order valence-corrected chi connectivity index (χ2v) is 7.73. The molecule has 9 nitrogen and oxygen atoms in total. The number of halogens is 1. The number of carbonyl (C=O) groups excluding carboxylic acids is 2. The number of benzene rings is 2. The second-order valence-electron chi connectivity index (χ2n) is 6.89. The van der Waals surface area contributed by atoms with Crippen molar-refractivity contribution in [1.82, 2.24) is 25.2 Å². The van der Waals surface area contributed by atoms with Crippen LogP contribution in [0.25, 0.3) is 17.5 Å². The van der Waals surface area contributed by atoms with E-state index in [0.717, 1.165) is 5.56 Å². The maximum Gasteiger partial charge on any atom is 0.248 e. The Kier molecular flexibility index (Phi) is 6.31. The second kappa shape index (κ2) is 9.49. The number of nitrogens with one attached hydrogen (secondary N) is 1. The number of amides is 2. The number of aryl methyl sites for hydroxylation is 1. The van der Waals surface area contributed by atoms with Gasteiger partial charge in [0.15, 0.2) is 11.0 Å². The van der Waals surface area contributed by atoms with Crippen molar-refractivity contribution in [2.24, 2.45) is 7.05 Å². The highest BCUT2D eigenvalue weighted by Gasteiger charge is 2.20. The Morgan fingerprint density at radius 3 is 2.73 bits per heavy atom. The smallest absolute Gasteiger partial charge is 0.248 e. The van der Waals surface area contributed by atoms with E-state index >= 15 is 0 Å². The van der Waals surface area contributed by atoms with Crippen molar-refractivity contribution in [3.8, 4) is 11.4 Å². The fraction of sp³-hybridized carbons (Fsp3) is 0.0909. The molecule has 0 aliphatic carbocycles. The first-order chi connectivity index (χ1) is 15.9. The zero-order chi connectivity index (χ0) is 23.4.